The number of amides is 1. The molecule has 4 heteroatoms. The van der Waals surface area contributed by atoms with Gasteiger partial charge in [0.05, 0.1) is 6.10 Å². The van der Waals surface area contributed by atoms with Crippen LogP contribution < -0.4 is 10.6 Å². The van der Waals surface area contributed by atoms with E-state index < -0.39 is 0 Å². The summed E-state index contributed by atoms with van der Waals surface area (Å²) < 4.78 is 5.76. The van der Waals surface area contributed by atoms with E-state index in [9.17, 15) is 4.79 Å². The predicted octanol–water partition coefficient (Wildman–Crippen LogP) is 2.17. The van der Waals surface area contributed by atoms with Crippen molar-refractivity contribution in [2.45, 2.75) is 45.3 Å². The van der Waals surface area contributed by atoms with Gasteiger partial charge in [0.15, 0.2) is 0 Å². The molecule has 102 valence electrons. The zero-order valence-electron chi connectivity index (χ0n) is 11.5. The molecule has 1 aromatic rings. The maximum Gasteiger partial charge on any atom is 0.256 e. The van der Waals surface area contributed by atoms with Crippen LogP contribution in [0.3, 0.4) is 0 Å². The van der Waals surface area contributed by atoms with Crippen molar-refractivity contribution in [1.29, 1.82) is 0 Å². The molecule has 1 saturated carbocycles. The molecule has 1 amide bonds. The smallest absolute Gasteiger partial charge is 0.256 e. The summed E-state index contributed by atoms with van der Waals surface area (Å²) in [5.41, 5.74) is 9.77. The second-order valence-electron chi connectivity index (χ2n) is 5.60. The highest BCUT2D eigenvalue weighted by atomic mass is 16.5. The van der Waals surface area contributed by atoms with E-state index in [2.05, 4.69) is 0 Å². The lowest BCUT2D eigenvalue weighted by Crippen LogP contribution is -2.31. The summed E-state index contributed by atoms with van der Waals surface area (Å²) in [6.45, 7) is 4.72. The standard InChI is InChI=1S/C15H20N2O2/c1-9-7-10(2)13(8-12(9)16)17-6-5-14(15(17)18)19-11-3-4-11/h7-8,11,14H,3-6,16H2,1-2H3. The zero-order chi connectivity index (χ0) is 13.6. The Morgan fingerprint density at radius 2 is 1.95 bits per heavy atom. The molecule has 1 atom stereocenters. The van der Waals surface area contributed by atoms with Gasteiger partial charge in [0.25, 0.3) is 5.91 Å². The van der Waals surface area contributed by atoms with Gasteiger partial charge in [-0.25, -0.2) is 0 Å². The molecule has 1 aromatic carbocycles. The fourth-order valence-electron chi connectivity index (χ4n) is 2.60. The molecule has 0 aromatic heterocycles. The first kappa shape index (κ1) is 12.5. The number of carbonyl (C=O) groups is 1. The number of aryl methyl sites for hydroxylation is 2. The van der Waals surface area contributed by atoms with Crippen molar-refractivity contribution in [3.8, 4) is 0 Å². The molecule has 1 saturated heterocycles. The lowest BCUT2D eigenvalue weighted by molar-refractivity contribution is -0.127. The Morgan fingerprint density at radius 3 is 2.63 bits per heavy atom. The fraction of sp³-hybridized carbons (Fsp3) is 0.533. The van der Waals surface area contributed by atoms with Crippen molar-refractivity contribution in [1.82, 2.24) is 0 Å². The van der Waals surface area contributed by atoms with Crippen molar-refractivity contribution >= 4 is 17.3 Å². The molecular formula is C15H20N2O2. The van der Waals surface area contributed by atoms with Gasteiger partial charge < -0.3 is 15.4 Å². The molecule has 1 unspecified atom stereocenters. The molecule has 1 aliphatic carbocycles. The van der Waals surface area contributed by atoms with Crippen LogP contribution in [0.1, 0.15) is 30.4 Å². The van der Waals surface area contributed by atoms with Crippen LogP contribution in [0.25, 0.3) is 0 Å². The van der Waals surface area contributed by atoms with Crippen molar-refractivity contribution in [2.75, 3.05) is 17.2 Å². The first-order valence-electron chi connectivity index (χ1n) is 6.90. The lowest BCUT2D eigenvalue weighted by Gasteiger charge is -2.20. The van der Waals surface area contributed by atoms with Crippen LogP contribution >= 0.6 is 0 Å². The van der Waals surface area contributed by atoms with E-state index in [0.29, 0.717) is 6.10 Å². The first-order valence-corrected chi connectivity index (χ1v) is 6.90. The first-order chi connectivity index (χ1) is 9.06. The Bertz CT molecular complexity index is 523. The van der Waals surface area contributed by atoms with E-state index in [-0.39, 0.29) is 12.0 Å². The Kier molecular flexibility index (Phi) is 2.97. The lowest BCUT2D eigenvalue weighted by atomic mass is 10.1. The van der Waals surface area contributed by atoms with E-state index in [4.69, 9.17) is 10.5 Å². The number of benzene rings is 1. The van der Waals surface area contributed by atoms with Gasteiger partial charge in [0, 0.05) is 24.3 Å². The van der Waals surface area contributed by atoms with Gasteiger partial charge in [-0.3, -0.25) is 4.79 Å². The van der Waals surface area contributed by atoms with Crippen LogP contribution in [0.2, 0.25) is 0 Å². The van der Waals surface area contributed by atoms with E-state index in [1.807, 2.05) is 30.9 Å². The van der Waals surface area contributed by atoms with Gasteiger partial charge in [-0.2, -0.15) is 0 Å². The molecular weight excluding hydrogens is 240 g/mol. The number of ether oxygens (including phenoxy) is 1. The van der Waals surface area contributed by atoms with Gasteiger partial charge in [-0.1, -0.05) is 6.07 Å². The van der Waals surface area contributed by atoms with Crippen molar-refractivity contribution in [3.63, 3.8) is 0 Å². The normalized spacial score (nSPS) is 23.2. The highest BCUT2D eigenvalue weighted by Crippen LogP contribution is 2.33. The third-order valence-corrected chi connectivity index (χ3v) is 3.91. The minimum atomic E-state index is -0.255. The summed E-state index contributed by atoms with van der Waals surface area (Å²) in [4.78, 5) is 14.2. The second-order valence-corrected chi connectivity index (χ2v) is 5.60. The van der Waals surface area contributed by atoms with E-state index in [1.165, 1.54) is 0 Å². The molecule has 2 N–H and O–H groups in total. The molecule has 1 heterocycles. The summed E-state index contributed by atoms with van der Waals surface area (Å²) in [7, 11) is 0. The molecule has 2 fully saturated rings. The minimum Gasteiger partial charge on any atom is -0.398 e. The molecule has 0 radical (unpaired) electrons. The third-order valence-electron chi connectivity index (χ3n) is 3.91. The van der Waals surface area contributed by atoms with Gasteiger partial charge >= 0.3 is 0 Å². The van der Waals surface area contributed by atoms with Gasteiger partial charge in [-0.05, 0) is 43.9 Å². The van der Waals surface area contributed by atoms with Gasteiger partial charge in [0.2, 0.25) is 0 Å². The van der Waals surface area contributed by atoms with E-state index >= 15 is 0 Å². The van der Waals surface area contributed by atoms with Crippen molar-refractivity contribution < 1.29 is 9.53 Å². The largest absolute Gasteiger partial charge is 0.398 e. The number of nitrogens with zero attached hydrogens (tertiary/aromatic N) is 1. The summed E-state index contributed by atoms with van der Waals surface area (Å²) in [5, 5.41) is 0. The number of nitrogen functional groups attached to an aromatic ring is 1. The van der Waals surface area contributed by atoms with Crippen LogP contribution in [-0.4, -0.2) is 24.7 Å². The molecule has 19 heavy (non-hydrogen) atoms. The Hall–Kier alpha value is -1.55. The molecule has 3 rings (SSSR count). The van der Waals surface area contributed by atoms with Crippen LogP contribution in [0.4, 0.5) is 11.4 Å². The highest BCUT2D eigenvalue weighted by Gasteiger charge is 2.38. The fourth-order valence-corrected chi connectivity index (χ4v) is 2.60. The predicted molar refractivity (Wildman–Crippen MR) is 75.2 cm³/mol. The van der Waals surface area contributed by atoms with Crippen LogP contribution in [0.15, 0.2) is 12.1 Å². The van der Waals surface area contributed by atoms with Gasteiger partial charge in [-0.15, -0.1) is 0 Å². The van der Waals surface area contributed by atoms with Crippen LogP contribution in [0.5, 0.6) is 0 Å². The number of nitrogens with two attached hydrogens (primary N) is 1. The van der Waals surface area contributed by atoms with Crippen molar-refractivity contribution in [3.05, 3.63) is 23.3 Å². The molecule has 4 nitrogen and oxygen atoms in total. The molecule has 0 spiro atoms. The Labute approximate surface area is 113 Å². The summed E-state index contributed by atoms with van der Waals surface area (Å²) in [6, 6.07) is 3.94. The summed E-state index contributed by atoms with van der Waals surface area (Å²) in [6.07, 6.45) is 3.04. The Balaban J connectivity index is 1.82. The number of hydrogen-bond acceptors (Lipinski definition) is 3. The summed E-state index contributed by atoms with van der Waals surface area (Å²) >= 11 is 0. The average Bonchev–Trinajstić information content (AvgIpc) is 3.10. The topological polar surface area (TPSA) is 55.6 Å². The molecule has 0 bridgehead atoms. The second kappa shape index (κ2) is 4.53. The maximum atomic E-state index is 12.4. The quantitative estimate of drug-likeness (QED) is 0.847. The number of anilines is 2. The summed E-state index contributed by atoms with van der Waals surface area (Å²) in [5.74, 6) is 0.0817. The number of hydrogen-bond donors (Lipinski definition) is 1. The molecule has 1 aliphatic heterocycles. The monoisotopic (exact) mass is 260 g/mol. The van der Waals surface area contributed by atoms with Crippen LogP contribution in [0, 0.1) is 13.8 Å². The zero-order valence-corrected chi connectivity index (χ0v) is 11.5. The maximum absolute atomic E-state index is 12.4. The number of carbonyl (C=O) groups excluding carboxylic acids is 1. The van der Waals surface area contributed by atoms with Gasteiger partial charge in [0.1, 0.15) is 6.10 Å². The SMILES string of the molecule is Cc1cc(C)c(N2CCC(OC3CC3)C2=O)cc1N. The van der Waals surface area contributed by atoms with Crippen molar-refractivity contribution in [2.24, 2.45) is 0 Å². The number of rotatable bonds is 3. The highest BCUT2D eigenvalue weighted by molar-refractivity contribution is 5.99. The van der Waals surface area contributed by atoms with E-state index in [0.717, 1.165) is 48.3 Å². The Morgan fingerprint density at radius 1 is 1.21 bits per heavy atom. The third kappa shape index (κ3) is 2.32. The molecule has 2 aliphatic rings. The van der Waals surface area contributed by atoms with Crippen LogP contribution in [-0.2, 0) is 9.53 Å². The average molecular weight is 260 g/mol. The minimum absolute atomic E-state index is 0.0817. The van der Waals surface area contributed by atoms with E-state index in [1.54, 1.807) is 0 Å².